The highest BCUT2D eigenvalue weighted by Gasteiger charge is 2.44. The van der Waals surface area contributed by atoms with Crippen LogP contribution in [0.15, 0.2) is 87.0 Å². The zero-order valence-corrected chi connectivity index (χ0v) is 21.9. The summed E-state index contributed by atoms with van der Waals surface area (Å²) >= 11 is 3.40. The molecule has 1 aliphatic rings. The van der Waals surface area contributed by atoms with Crippen LogP contribution >= 0.6 is 15.9 Å². The van der Waals surface area contributed by atoms with Crippen LogP contribution in [0.25, 0.3) is 11.0 Å². The molecule has 0 fully saturated rings. The molecule has 1 amide bonds. The van der Waals surface area contributed by atoms with Crippen molar-refractivity contribution in [1.29, 1.82) is 0 Å². The lowest BCUT2D eigenvalue weighted by Gasteiger charge is -2.27. The fourth-order valence-corrected chi connectivity index (χ4v) is 4.97. The van der Waals surface area contributed by atoms with E-state index in [4.69, 9.17) is 9.15 Å². The minimum Gasteiger partial charge on any atom is -0.504 e. The van der Waals surface area contributed by atoms with Gasteiger partial charge in [-0.1, -0.05) is 34.1 Å². The number of hydrogen-bond donors (Lipinski definition) is 2. The monoisotopic (exact) mass is 579 g/mol. The van der Waals surface area contributed by atoms with E-state index in [1.165, 1.54) is 23.1 Å². The first-order valence-electron chi connectivity index (χ1n) is 11.9. The first-order chi connectivity index (χ1) is 18.3. The molecule has 2 heterocycles. The highest BCUT2D eigenvalue weighted by Crippen LogP contribution is 2.42. The lowest BCUT2D eigenvalue weighted by Crippen LogP contribution is -2.33. The number of nitrogens with zero attached hydrogens (tertiary/aromatic N) is 1. The molecule has 9 heteroatoms. The predicted molar refractivity (Wildman–Crippen MR) is 142 cm³/mol. The molecule has 0 spiro atoms. The van der Waals surface area contributed by atoms with Crippen molar-refractivity contribution in [3.8, 4) is 11.5 Å². The van der Waals surface area contributed by atoms with Gasteiger partial charge in [0.1, 0.15) is 11.4 Å². The van der Waals surface area contributed by atoms with Crippen LogP contribution in [0.1, 0.15) is 34.6 Å². The fraction of sp³-hybridized carbons (Fsp3) is 0.172. The maximum absolute atomic E-state index is 13.8. The zero-order chi connectivity index (χ0) is 27.0. The number of aliphatic hydroxyl groups is 1. The largest absolute Gasteiger partial charge is 0.504 e. The first-order valence-corrected chi connectivity index (χ1v) is 12.7. The van der Waals surface area contributed by atoms with E-state index in [1.807, 2.05) is 0 Å². The first kappa shape index (κ1) is 25.5. The van der Waals surface area contributed by atoms with Crippen molar-refractivity contribution >= 4 is 38.6 Å². The number of aliphatic hydroxyl groups excluding tert-OH is 1. The molecule has 1 aromatic heterocycles. The Balaban J connectivity index is 1.56. The number of halogens is 2. The number of amides is 1. The van der Waals surface area contributed by atoms with E-state index in [-0.39, 0.29) is 41.8 Å². The van der Waals surface area contributed by atoms with Gasteiger partial charge in [-0.2, -0.15) is 0 Å². The predicted octanol–water partition coefficient (Wildman–Crippen LogP) is 6.26. The number of ketones is 1. The van der Waals surface area contributed by atoms with E-state index in [0.717, 1.165) is 10.0 Å². The molecule has 38 heavy (non-hydrogen) atoms. The van der Waals surface area contributed by atoms with E-state index in [9.17, 15) is 24.2 Å². The van der Waals surface area contributed by atoms with Gasteiger partial charge in [0.15, 0.2) is 23.0 Å². The third-order valence-electron chi connectivity index (χ3n) is 6.40. The number of carbonyl (C=O) groups excluding carboxylic acids is 2. The SMILES string of the molecule is CCOc1cc(C2C(C(=O)c3cc4cc(Br)ccc4o3)=C(O)C(=O)N2CCc2ccc(F)cc2)ccc1O. The summed E-state index contributed by atoms with van der Waals surface area (Å²) in [4.78, 5) is 28.4. The molecule has 0 bridgehead atoms. The number of phenolic OH excluding ortho intramolecular Hbond substituents is 1. The minimum absolute atomic E-state index is 0.0263. The maximum Gasteiger partial charge on any atom is 0.290 e. The van der Waals surface area contributed by atoms with Gasteiger partial charge in [0, 0.05) is 16.4 Å². The van der Waals surface area contributed by atoms with E-state index >= 15 is 0 Å². The number of hydrogen-bond acceptors (Lipinski definition) is 6. The second-order valence-corrected chi connectivity index (χ2v) is 9.74. The van der Waals surface area contributed by atoms with Crippen LogP contribution in [-0.4, -0.2) is 40.0 Å². The van der Waals surface area contributed by atoms with Crippen molar-refractivity contribution in [3.63, 3.8) is 0 Å². The summed E-state index contributed by atoms with van der Waals surface area (Å²) in [5.74, 6) is -2.34. The third kappa shape index (κ3) is 4.77. The van der Waals surface area contributed by atoms with Gasteiger partial charge in [-0.3, -0.25) is 9.59 Å². The minimum atomic E-state index is -0.977. The number of carbonyl (C=O) groups is 2. The molecular formula is C29H23BrFNO6. The number of phenols is 1. The van der Waals surface area contributed by atoms with E-state index in [2.05, 4.69) is 15.9 Å². The number of aromatic hydroxyl groups is 1. The van der Waals surface area contributed by atoms with Crippen molar-refractivity contribution in [2.24, 2.45) is 0 Å². The zero-order valence-electron chi connectivity index (χ0n) is 20.3. The Kier molecular flexibility index (Phi) is 6.94. The van der Waals surface area contributed by atoms with Crippen molar-refractivity contribution in [2.45, 2.75) is 19.4 Å². The molecule has 7 nitrogen and oxygen atoms in total. The Bertz CT molecular complexity index is 1580. The van der Waals surface area contributed by atoms with Gasteiger partial charge in [0.25, 0.3) is 5.91 Å². The van der Waals surface area contributed by atoms with Crippen LogP contribution in [0.2, 0.25) is 0 Å². The molecule has 3 aromatic carbocycles. The summed E-state index contributed by atoms with van der Waals surface area (Å²) in [6.07, 6.45) is 0.354. The Morgan fingerprint density at radius 3 is 2.58 bits per heavy atom. The Morgan fingerprint density at radius 2 is 1.84 bits per heavy atom. The molecule has 1 unspecified atom stereocenters. The van der Waals surface area contributed by atoms with Crippen molar-refractivity contribution in [3.05, 3.63) is 105 Å². The highest BCUT2D eigenvalue weighted by molar-refractivity contribution is 9.10. The second-order valence-electron chi connectivity index (χ2n) is 8.82. The van der Waals surface area contributed by atoms with Crippen LogP contribution in [-0.2, 0) is 11.2 Å². The van der Waals surface area contributed by atoms with Gasteiger partial charge >= 0.3 is 0 Å². The van der Waals surface area contributed by atoms with Gasteiger partial charge in [-0.15, -0.1) is 0 Å². The molecule has 1 atom stereocenters. The molecule has 0 aliphatic carbocycles. The van der Waals surface area contributed by atoms with Crippen LogP contribution in [0.3, 0.4) is 0 Å². The Labute approximate surface area is 225 Å². The van der Waals surface area contributed by atoms with Crippen molar-refractivity contribution < 1.29 is 33.3 Å². The smallest absolute Gasteiger partial charge is 0.290 e. The van der Waals surface area contributed by atoms with Crippen LogP contribution in [0.4, 0.5) is 4.39 Å². The molecule has 4 aromatic rings. The quantitative estimate of drug-likeness (QED) is 0.239. The summed E-state index contributed by atoms with van der Waals surface area (Å²) < 4.78 is 25.5. The van der Waals surface area contributed by atoms with E-state index in [0.29, 0.717) is 23.0 Å². The lowest BCUT2D eigenvalue weighted by molar-refractivity contribution is -0.129. The number of ether oxygens (including phenoxy) is 1. The Morgan fingerprint density at radius 1 is 1.08 bits per heavy atom. The summed E-state index contributed by atoms with van der Waals surface area (Å²) in [5, 5.41) is 21.9. The number of Topliss-reactive ketones (excluding diaryl/α,β-unsaturated/α-hetero) is 1. The normalized spacial score (nSPS) is 15.5. The Hall–Kier alpha value is -4.11. The van der Waals surface area contributed by atoms with E-state index in [1.54, 1.807) is 55.5 Å². The van der Waals surface area contributed by atoms with Crippen LogP contribution < -0.4 is 4.74 Å². The van der Waals surface area contributed by atoms with Gasteiger partial charge in [-0.05, 0) is 73.0 Å². The molecule has 0 saturated carbocycles. The summed E-state index contributed by atoms with van der Waals surface area (Å²) in [5.41, 5.74) is 1.58. The molecular weight excluding hydrogens is 557 g/mol. The molecule has 1 aliphatic heterocycles. The van der Waals surface area contributed by atoms with Crippen molar-refractivity contribution in [1.82, 2.24) is 4.90 Å². The van der Waals surface area contributed by atoms with Gasteiger partial charge < -0.3 is 24.3 Å². The van der Waals surface area contributed by atoms with Gasteiger partial charge in [0.05, 0.1) is 18.2 Å². The van der Waals surface area contributed by atoms with Crippen molar-refractivity contribution in [2.75, 3.05) is 13.2 Å². The molecule has 0 saturated heterocycles. The number of fused-ring (bicyclic) bond motifs is 1. The molecule has 194 valence electrons. The standard InChI is InChI=1S/C29H23BrFNO6/c1-2-37-23-14-17(5-9-21(23)33)26-25(27(34)24-15-18-13-19(30)6-10-22(18)38-24)28(35)29(36)32(26)12-11-16-3-7-20(31)8-4-16/h3-10,13-15,26,33,35H,2,11-12H2,1H3. The van der Waals surface area contributed by atoms with Crippen LogP contribution in [0, 0.1) is 5.82 Å². The molecule has 5 rings (SSSR count). The topological polar surface area (TPSA) is 100 Å². The molecule has 2 N–H and O–H groups in total. The highest BCUT2D eigenvalue weighted by atomic mass is 79.9. The van der Waals surface area contributed by atoms with Gasteiger partial charge in [0.2, 0.25) is 5.78 Å². The second kappa shape index (κ2) is 10.3. The van der Waals surface area contributed by atoms with Gasteiger partial charge in [-0.25, -0.2) is 4.39 Å². The summed E-state index contributed by atoms with van der Waals surface area (Å²) in [6, 6.07) is 16.3. The van der Waals surface area contributed by atoms with Crippen LogP contribution in [0.5, 0.6) is 11.5 Å². The maximum atomic E-state index is 13.8. The third-order valence-corrected chi connectivity index (χ3v) is 6.90. The number of benzene rings is 3. The average molecular weight is 580 g/mol. The lowest BCUT2D eigenvalue weighted by atomic mass is 9.94. The number of furan rings is 1. The molecule has 0 radical (unpaired) electrons. The number of rotatable bonds is 8. The summed E-state index contributed by atoms with van der Waals surface area (Å²) in [7, 11) is 0. The van der Waals surface area contributed by atoms with E-state index < -0.39 is 23.5 Å². The fourth-order valence-electron chi connectivity index (χ4n) is 4.59. The summed E-state index contributed by atoms with van der Waals surface area (Å²) in [6.45, 7) is 2.19. The average Bonchev–Trinajstić information content (AvgIpc) is 3.43.